The average Bonchev–Trinajstić information content (AvgIpc) is 3.18. The summed E-state index contributed by atoms with van der Waals surface area (Å²) in [6.07, 6.45) is 2.89. The minimum Gasteiger partial charge on any atom is -0.387 e. The van der Waals surface area contributed by atoms with Gasteiger partial charge in [0.25, 0.3) is 5.91 Å². The fourth-order valence-corrected chi connectivity index (χ4v) is 2.45. The van der Waals surface area contributed by atoms with Crippen LogP contribution in [0.1, 0.15) is 35.0 Å². The molecule has 122 valence electrons. The van der Waals surface area contributed by atoms with Gasteiger partial charge in [-0.15, -0.1) is 5.10 Å². The zero-order valence-electron chi connectivity index (χ0n) is 12.2. The van der Waals surface area contributed by atoms with E-state index >= 15 is 0 Å². The lowest BCUT2D eigenvalue weighted by Gasteiger charge is -2.12. The van der Waals surface area contributed by atoms with Crippen molar-refractivity contribution in [1.82, 2.24) is 20.3 Å². The molecule has 0 spiro atoms. The van der Waals surface area contributed by atoms with Crippen LogP contribution in [0.3, 0.4) is 0 Å². The molecular formula is C15H16ClFN4O2. The van der Waals surface area contributed by atoms with Gasteiger partial charge in [0, 0.05) is 18.1 Å². The molecule has 0 radical (unpaired) electrons. The summed E-state index contributed by atoms with van der Waals surface area (Å²) < 4.78 is 14.9. The van der Waals surface area contributed by atoms with Gasteiger partial charge in [0.1, 0.15) is 5.82 Å². The van der Waals surface area contributed by atoms with Crippen molar-refractivity contribution in [2.75, 3.05) is 6.54 Å². The second kappa shape index (κ2) is 6.64. The van der Waals surface area contributed by atoms with Gasteiger partial charge < -0.3 is 10.4 Å². The molecule has 1 aromatic carbocycles. The standard InChI is InChI=1S/C15H16ClFN4O2/c16-11-3-10(4-12(17)5-11)14(22)6-18-15(23)13-8-21(20-19-13)7-9-1-2-9/h3-5,8-9,14,22H,1-2,6-7H2,(H,18,23). The first kappa shape index (κ1) is 15.9. The molecule has 0 saturated heterocycles. The van der Waals surface area contributed by atoms with Crippen molar-refractivity contribution in [2.45, 2.75) is 25.5 Å². The highest BCUT2D eigenvalue weighted by atomic mass is 35.5. The van der Waals surface area contributed by atoms with Gasteiger partial charge in [-0.1, -0.05) is 16.8 Å². The van der Waals surface area contributed by atoms with Gasteiger partial charge in [-0.2, -0.15) is 0 Å². The Morgan fingerprint density at radius 1 is 1.48 bits per heavy atom. The summed E-state index contributed by atoms with van der Waals surface area (Å²) >= 11 is 5.74. The Morgan fingerprint density at radius 2 is 2.26 bits per heavy atom. The number of rotatable bonds is 6. The van der Waals surface area contributed by atoms with Crippen molar-refractivity contribution in [3.05, 3.63) is 46.5 Å². The monoisotopic (exact) mass is 338 g/mol. The number of hydrogen-bond acceptors (Lipinski definition) is 4. The minimum atomic E-state index is -1.06. The van der Waals surface area contributed by atoms with Crippen LogP contribution in [0.2, 0.25) is 5.02 Å². The topological polar surface area (TPSA) is 80.0 Å². The predicted octanol–water partition coefficient (Wildman–Crippen LogP) is 1.94. The molecule has 1 aromatic heterocycles. The maximum atomic E-state index is 13.3. The molecule has 23 heavy (non-hydrogen) atoms. The normalized spacial score (nSPS) is 15.4. The zero-order chi connectivity index (χ0) is 16.4. The number of nitrogens with zero attached hydrogens (tertiary/aromatic N) is 3. The van der Waals surface area contributed by atoms with Crippen molar-refractivity contribution in [2.24, 2.45) is 5.92 Å². The number of carbonyl (C=O) groups is 1. The largest absolute Gasteiger partial charge is 0.387 e. The van der Waals surface area contributed by atoms with E-state index in [-0.39, 0.29) is 17.3 Å². The third-order valence-electron chi connectivity index (χ3n) is 3.64. The smallest absolute Gasteiger partial charge is 0.273 e. The van der Waals surface area contributed by atoms with E-state index in [0.29, 0.717) is 11.5 Å². The fraction of sp³-hybridized carbons (Fsp3) is 0.400. The molecule has 2 aromatic rings. The number of aliphatic hydroxyl groups is 1. The molecule has 6 nitrogen and oxygen atoms in total. The molecule has 1 amide bonds. The second-order valence-electron chi connectivity index (χ2n) is 5.70. The molecule has 8 heteroatoms. The Kier molecular flexibility index (Phi) is 4.58. The number of nitrogens with one attached hydrogen (secondary N) is 1. The van der Waals surface area contributed by atoms with Crippen molar-refractivity contribution in [3.8, 4) is 0 Å². The summed E-state index contributed by atoms with van der Waals surface area (Å²) in [6.45, 7) is 0.693. The maximum Gasteiger partial charge on any atom is 0.273 e. The molecule has 1 heterocycles. The summed E-state index contributed by atoms with van der Waals surface area (Å²) in [6, 6.07) is 3.77. The van der Waals surface area contributed by atoms with Crippen molar-refractivity contribution < 1.29 is 14.3 Å². The van der Waals surface area contributed by atoms with Gasteiger partial charge in [0.15, 0.2) is 5.69 Å². The van der Waals surface area contributed by atoms with Gasteiger partial charge in [-0.05, 0) is 42.5 Å². The van der Waals surface area contributed by atoms with Crippen LogP contribution in [0.15, 0.2) is 24.4 Å². The summed E-state index contributed by atoms with van der Waals surface area (Å²) in [5.41, 5.74) is 0.489. The number of carbonyl (C=O) groups excluding carboxylic acids is 1. The van der Waals surface area contributed by atoms with Crippen LogP contribution in [0, 0.1) is 11.7 Å². The van der Waals surface area contributed by atoms with Crippen LogP contribution < -0.4 is 5.32 Å². The molecule has 1 atom stereocenters. The van der Waals surface area contributed by atoms with E-state index in [1.807, 2.05) is 0 Å². The van der Waals surface area contributed by atoms with Gasteiger partial charge in [-0.25, -0.2) is 4.39 Å². The maximum absolute atomic E-state index is 13.3. The molecule has 1 aliphatic carbocycles. The number of benzene rings is 1. The Morgan fingerprint density at radius 3 is 2.96 bits per heavy atom. The molecule has 2 N–H and O–H groups in total. The predicted molar refractivity (Wildman–Crippen MR) is 81.4 cm³/mol. The molecule has 1 aliphatic rings. The molecule has 1 saturated carbocycles. The van der Waals surface area contributed by atoms with E-state index in [4.69, 9.17) is 11.6 Å². The summed E-state index contributed by atoms with van der Waals surface area (Å²) in [5.74, 6) is -0.346. The zero-order valence-corrected chi connectivity index (χ0v) is 13.0. The first-order valence-corrected chi connectivity index (χ1v) is 7.71. The highest BCUT2D eigenvalue weighted by Crippen LogP contribution is 2.30. The number of aromatic nitrogens is 3. The molecule has 3 rings (SSSR count). The highest BCUT2D eigenvalue weighted by molar-refractivity contribution is 6.30. The first-order valence-electron chi connectivity index (χ1n) is 7.33. The van der Waals surface area contributed by atoms with E-state index in [1.54, 1.807) is 10.9 Å². The lowest BCUT2D eigenvalue weighted by atomic mass is 10.1. The van der Waals surface area contributed by atoms with Crippen molar-refractivity contribution in [1.29, 1.82) is 0 Å². The Bertz CT molecular complexity index is 697. The van der Waals surface area contributed by atoms with Crippen LogP contribution >= 0.6 is 11.6 Å². The second-order valence-corrected chi connectivity index (χ2v) is 6.13. The molecular weight excluding hydrogens is 323 g/mol. The minimum absolute atomic E-state index is 0.0753. The van der Waals surface area contributed by atoms with Gasteiger partial charge in [0.2, 0.25) is 0 Å². The van der Waals surface area contributed by atoms with E-state index < -0.39 is 17.8 Å². The quantitative estimate of drug-likeness (QED) is 0.843. The van der Waals surface area contributed by atoms with Gasteiger partial charge >= 0.3 is 0 Å². The average molecular weight is 339 g/mol. The number of hydrogen-bond donors (Lipinski definition) is 2. The molecule has 1 unspecified atom stereocenters. The SMILES string of the molecule is O=C(NCC(O)c1cc(F)cc(Cl)c1)c1cn(CC2CC2)nn1. The van der Waals surface area contributed by atoms with E-state index in [2.05, 4.69) is 15.6 Å². The van der Waals surface area contributed by atoms with E-state index in [9.17, 15) is 14.3 Å². The van der Waals surface area contributed by atoms with E-state index in [0.717, 1.165) is 12.6 Å². The fourth-order valence-electron chi connectivity index (χ4n) is 2.22. The molecule has 0 bridgehead atoms. The Balaban J connectivity index is 1.56. The van der Waals surface area contributed by atoms with Crippen molar-refractivity contribution in [3.63, 3.8) is 0 Å². The van der Waals surface area contributed by atoms with E-state index in [1.165, 1.54) is 25.0 Å². The summed E-state index contributed by atoms with van der Waals surface area (Å²) in [4.78, 5) is 12.0. The van der Waals surface area contributed by atoms with Crippen LogP contribution in [-0.4, -0.2) is 32.6 Å². The van der Waals surface area contributed by atoms with Gasteiger partial charge in [-0.3, -0.25) is 9.48 Å². The van der Waals surface area contributed by atoms with Crippen LogP contribution in [0.25, 0.3) is 0 Å². The summed E-state index contributed by atoms with van der Waals surface area (Å²) in [7, 11) is 0. The summed E-state index contributed by atoms with van der Waals surface area (Å²) in [5, 5.41) is 20.5. The molecule has 0 aliphatic heterocycles. The third kappa shape index (κ3) is 4.27. The number of halogens is 2. The van der Waals surface area contributed by atoms with Crippen molar-refractivity contribution >= 4 is 17.5 Å². The van der Waals surface area contributed by atoms with Crippen LogP contribution in [0.4, 0.5) is 4.39 Å². The Labute approximate surface area is 137 Å². The lowest BCUT2D eigenvalue weighted by molar-refractivity contribution is 0.0911. The van der Waals surface area contributed by atoms with Crippen LogP contribution in [0.5, 0.6) is 0 Å². The lowest BCUT2D eigenvalue weighted by Crippen LogP contribution is -2.28. The van der Waals surface area contributed by atoms with Gasteiger partial charge in [0.05, 0.1) is 12.3 Å². The number of amides is 1. The highest BCUT2D eigenvalue weighted by Gasteiger charge is 2.23. The first-order chi connectivity index (χ1) is 11.0. The number of aliphatic hydroxyl groups excluding tert-OH is 1. The third-order valence-corrected chi connectivity index (χ3v) is 3.86. The Hall–Kier alpha value is -1.99. The molecule has 1 fully saturated rings. The van der Waals surface area contributed by atoms with Crippen LogP contribution in [-0.2, 0) is 6.54 Å².